The lowest BCUT2D eigenvalue weighted by Crippen LogP contribution is -2.50. The number of amides is 1. The van der Waals surface area contributed by atoms with Crippen LogP contribution in [0.3, 0.4) is 0 Å². The van der Waals surface area contributed by atoms with Gasteiger partial charge in [0.15, 0.2) is 0 Å². The summed E-state index contributed by atoms with van der Waals surface area (Å²) in [7, 11) is 0. The van der Waals surface area contributed by atoms with E-state index in [0.29, 0.717) is 13.1 Å². The van der Waals surface area contributed by atoms with Gasteiger partial charge in [0.05, 0.1) is 0 Å². The fourth-order valence-corrected chi connectivity index (χ4v) is 3.11. The molecular weight excluding hydrogens is 302 g/mol. The quantitative estimate of drug-likeness (QED) is 0.865. The fraction of sp³-hybridized carbons (Fsp3) is 0.368. The van der Waals surface area contributed by atoms with E-state index in [0.717, 1.165) is 13.1 Å². The van der Waals surface area contributed by atoms with Gasteiger partial charge in [-0.2, -0.15) is 0 Å². The molecule has 3 rings (SSSR count). The number of carbonyl (C=O) groups is 1. The van der Waals surface area contributed by atoms with E-state index >= 15 is 0 Å². The summed E-state index contributed by atoms with van der Waals surface area (Å²) in [5, 5.41) is 0. The van der Waals surface area contributed by atoms with Crippen LogP contribution in [0.1, 0.15) is 11.1 Å². The van der Waals surface area contributed by atoms with Gasteiger partial charge in [0.25, 0.3) is 5.56 Å². The number of hydrogen-bond acceptors (Lipinski definition) is 3. The standard InChI is InChI=1S/C19H23N3O2/c1-15-6-5-7-17(16(15)2)20-10-12-21(13-11-20)19(24)14-22-9-4-3-8-18(22)23/h3-9H,10-14H2,1-2H3. The summed E-state index contributed by atoms with van der Waals surface area (Å²) in [4.78, 5) is 28.3. The number of piperazine rings is 1. The zero-order valence-electron chi connectivity index (χ0n) is 14.2. The Balaban J connectivity index is 1.63. The van der Waals surface area contributed by atoms with Crippen molar-refractivity contribution in [1.82, 2.24) is 9.47 Å². The van der Waals surface area contributed by atoms with E-state index < -0.39 is 0 Å². The van der Waals surface area contributed by atoms with Gasteiger partial charge in [0.1, 0.15) is 6.54 Å². The number of anilines is 1. The van der Waals surface area contributed by atoms with Crippen LogP contribution >= 0.6 is 0 Å². The van der Waals surface area contributed by atoms with Gasteiger partial charge in [-0.3, -0.25) is 9.59 Å². The summed E-state index contributed by atoms with van der Waals surface area (Å²) in [5.74, 6) is 0.00362. The molecule has 1 fully saturated rings. The molecule has 126 valence electrons. The maximum Gasteiger partial charge on any atom is 0.250 e. The second-order valence-corrected chi connectivity index (χ2v) is 6.25. The van der Waals surface area contributed by atoms with Crippen molar-refractivity contribution >= 4 is 11.6 Å². The molecule has 1 amide bonds. The third kappa shape index (κ3) is 3.35. The smallest absolute Gasteiger partial charge is 0.250 e. The minimum absolute atomic E-state index is 0.00362. The van der Waals surface area contributed by atoms with Crippen LogP contribution in [0, 0.1) is 13.8 Å². The van der Waals surface area contributed by atoms with Crippen molar-refractivity contribution in [3.05, 3.63) is 64.1 Å². The molecule has 5 nitrogen and oxygen atoms in total. The molecule has 0 saturated carbocycles. The number of pyridine rings is 1. The topological polar surface area (TPSA) is 45.5 Å². The molecule has 0 unspecified atom stereocenters. The highest BCUT2D eigenvalue weighted by molar-refractivity contribution is 5.76. The predicted octanol–water partition coefficient (Wildman–Crippen LogP) is 1.81. The van der Waals surface area contributed by atoms with Crippen molar-refractivity contribution in [2.24, 2.45) is 0 Å². The molecule has 0 bridgehead atoms. The van der Waals surface area contributed by atoms with Crippen LogP contribution in [0.15, 0.2) is 47.4 Å². The third-order valence-electron chi connectivity index (χ3n) is 4.75. The fourth-order valence-electron chi connectivity index (χ4n) is 3.11. The molecule has 1 aliphatic heterocycles. The molecule has 1 saturated heterocycles. The normalized spacial score (nSPS) is 14.8. The average molecular weight is 325 g/mol. The number of hydrogen-bond donors (Lipinski definition) is 0. The van der Waals surface area contributed by atoms with Crippen LogP contribution in [-0.4, -0.2) is 41.6 Å². The molecule has 0 N–H and O–H groups in total. The first-order chi connectivity index (χ1) is 11.6. The minimum atomic E-state index is -0.139. The van der Waals surface area contributed by atoms with E-state index in [2.05, 4.69) is 36.9 Å². The Morgan fingerprint density at radius 1 is 1.00 bits per heavy atom. The Kier molecular flexibility index (Phi) is 4.69. The van der Waals surface area contributed by atoms with E-state index in [1.54, 1.807) is 18.3 Å². The molecule has 2 heterocycles. The van der Waals surface area contributed by atoms with Gasteiger partial charge in [0, 0.05) is 44.1 Å². The van der Waals surface area contributed by atoms with Gasteiger partial charge >= 0.3 is 0 Å². The van der Waals surface area contributed by atoms with E-state index in [1.807, 2.05) is 4.90 Å². The monoisotopic (exact) mass is 325 g/mol. The van der Waals surface area contributed by atoms with Crippen molar-refractivity contribution in [3.8, 4) is 0 Å². The second kappa shape index (κ2) is 6.91. The first-order valence-corrected chi connectivity index (χ1v) is 8.30. The maximum atomic E-state index is 12.4. The number of aryl methyl sites for hydroxylation is 1. The number of benzene rings is 1. The Labute approximate surface area is 142 Å². The number of aromatic nitrogens is 1. The third-order valence-corrected chi connectivity index (χ3v) is 4.75. The zero-order chi connectivity index (χ0) is 17.1. The molecular formula is C19H23N3O2. The molecule has 5 heteroatoms. The summed E-state index contributed by atoms with van der Waals surface area (Å²) in [6.07, 6.45) is 1.66. The number of rotatable bonds is 3. The first-order valence-electron chi connectivity index (χ1n) is 8.30. The second-order valence-electron chi connectivity index (χ2n) is 6.25. The Morgan fingerprint density at radius 3 is 2.46 bits per heavy atom. The van der Waals surface area contributed by atoms with Crippen molar-refractivity contribution in [3.63, 3.8) is 0 Å². The first kappa shape index (κ1) is 16.3. The Bertz CT molecular complexity index is 789. The van der Waals surface area contributed by atoms with Crippen LogP contribution in [0.5, 0.6) is 0 Å². The summed E-state index contributed by atoms with van der Waals surface area (Å²) in [6.45, 7) is 7.39. The van der Waals surface area contributed by atoms with E-state index in [1.165, 1.54) is 27.4 Å². The van der Waals surface area contributed by atoms with Gasteiger partial charge in [0.2, 0.25) is 5.91 Å². The van der Waals surface area contributed by atoms with Crippen LogP contribution in [-0.2, 0) is 11.3 Å². The largest absolute Gasteiger partial charge is 0.368 e. The van der Waals surface area contributed by atoms with Gasteiger partial charge in [-0.25, -0.2) is 0 Å². The van der Waals surface area contributed by atoms with E-state index in [9.17, 15) is 9.59 Å². The van der Waals surface area contributed by atoms with Crippen LogP contribution in [0.25, 0.3) is 0 Å². The predicted molar refractivity (Wildman–Crippen MR) is 95.4 cm³/mol. The van der Waals surface area contributed by atoms with Crippen molar-refractivity contribution < 1.29 is 4.79 Å². The van der Waals surface area contributed by atoms with Crippen LogP contribution in [0.2, 0.25) is 0 Å². The van der Waals surface area contributed by atoms with Gasteiger partial charge < -0.3 is 14.4 Å². The molecule has 0 radical (unpaired) electrons. The molecule has 2 aromatic rings. The molecule has 1 aromatic carbocycles. The van der Waals surface area contributed by atoms with Crippen LogP contribution in [0.4, 0.5) is 5.69 Å². The van der Waals surface area contributed by atoms with Crippen molar-refractivity contribution in [1.29, 1.82) is 0 Å². The summed E-state index contributed by atoms with van der Waals surface area (Å²) in [6, 6.07) is 11.3. The lowest BCUT2D eigenvalue weighted by Gasteiger charge is -2.37. The van der Waals surface area contributed by atoms with Crippen LogP contribution < -0.4 is 10.5 Å². The summed E-state index contributed by atoms with van der Waals surface area (Å²) in [5.41, 5.74) is 3.70. The van der Waals surface area contributed by atoms with E-state index in [-0.39, 0.29) is 18.0 Å². The maximum absolute atomic E-state index is 12.4. The van der Waals surface area contributed by atoms with Gasteiger partial charge in [-0.1, -0.05) is 18.2 Å². The van der Waals surface area contributed by atoms with E-state index in [4.69, 9.17) is 0 Å². The highest BCUT2D eigenvalue weighted by Crippen LogP contribution is 2.23. The van der Waals surface area contributed by atoms with Gasteiger partial charge in [-0.15, -0.1) is 0 Å². The molecule has 0 spiro atoms. The molecule has 1 aliphatic rings. The minimum Gasteiger partial charge on any atom is -0.368 e. The summed E-state index contributed by atoms with van der Waals surface area (Å²) >= 11 is 0. The lowest BCUT2D eigenvalue weighted by molar-refractivity contribution is -0.132. The Morgan fingerprint density at radius 2 is 1.75 bits per heavy atom. The zero-order valence-corrected chi connectivity index (χ0v) is 14.2. The highest BCUT2D eigenvalue weighted by Gasteiger charge is 2.22. The molecule has 24 heavy (non-hydrogen) atoms. The number of nitrogens with zero attached hydrogens (tertiary/aromatic N) is 3. The molecule has 0 atom stereocenters. The SMILES string of the molecule is Cc1cccc(N2CCN(C(=O)Cn3ccccc3=O)CC2)c1C. The van der Waals surface area contributed by atoms with Gasteiger partial charge in [-0.05, 0) is 37.1 Å². The molecule has 1 aromatic heterocycles. The van der Waals surface area contributed by atoms with Crippen molar-refractivity contribution in [2.75, 3.05) is 31.1 Å². The lowest BCUT2D eigenvalue weighted by atomic mass is 10.1. The van der Waals surface area contributed by atoms with Crippen molar-refractivity contribution in [2.45, 2.75) is 20.4 Å². The summed E-state index contributed by atoms with van der Waals surface area (Å²) < 4.78 is 1.46. The average Bonchev–Trinajstić information content (AvgIpc) is 2.59. The highest BCUT2D eigenvalue weighted by atomic mass is 16.2. The number of carbonyl (C=O) groups excluding carboxylic acids is 1. The molecule has 0 aliphatic carbocycles. The Hall–Kier alpha value is -2.56.